The van der Waals surface area contributed by atoms with Gasteiger partial charge in [-0.25, -0.2) is 0 Å². The van der Waals surface area contributed by atoms with E-state index in [2.05, 4.69) is 48.1 Å². The van der Waals surface area contributed by atoms with Crippen molar-refractivity contribution in [2.24, 2.45) is 5.92 Å². The van der Waals surface area contributed by atoms with Crippen LogP contribution < -0.4 is 5.32 Å². The van der Waals surface area contributed by atoms with Crippen molar-refractivity contribution < 1.29 is 0 Å². The molecule has 2 heterocycles. The molecule has 2 rings (SSSR count). The summed E-state index contributed by atoms with van der Waals surface area (Å²) in [7, 11) is 0. The molecule has 112 valence electrons. The van der Waals surface area contributed by atoms with E-state index in [1.807, 2.05) is 12.4 Å². The quantitative estimate of drug-likeness (QED) is 0.864. The van der Waals surface area contributed by atoms with Crippen LogP contribution in [0.25, 0.3) is 0 Å². The van der Waals surface area contributed by atoms with Gasteiger partial charge in [0.1, 0.15) is 0 Å². The van der Waals surface area contributed by atoms with Gasteiger partial charge in [-0.1, -0.05) is 6.92 Å². The number of hydrogen-bond donors (Lipinski definition) is 1. The van der Waals surface area contributed by atoms with Crippen LogP contribution >= 0.6 is 0 Å². The summed E-state index contributed by atoms with van der Waals surface area (Å²) < 4.78 is 0. The number of nitrogens with zero attached hydrogens (tertiary/aromatic N) is 2. The minimum atomic E-state index is 0.404. The van der Waals surface area contributed by atoms with Crippen LogP contribution in [-0.4, -0.2) is 35.6 Å². The number of nitrogens with one attached hydrogen (secondary N) is 1. The van der Waals surface area contributed by atoms with Gasteiger partial charge in [-0.15, -0.1) is 0 Å². The minimum Gasteiger partial charge on any atom is -0.307 e. The van der Waals surface area contributed by atoms with E-state index in [1.165, 1.54) is 44.5 Å². The lowest BCUT2D eigenvalue weighted by Crippen LogP contribution is -2.42. The van der Waals surface area contributed by atoms with Crippen molar-refractivity contribution in [2.45, 2.75) is 52.1 Å². The summed E-state index contributed by atoms with van der Waals surface area (Å²) in [4.78, 5) is 6.70. The zero-order valence-electron chi connectivity index (χ0n) is 13.2. The number of aromatic nitrogens is 1. The number of pyridine rings is 1. The first kappa shape index (κ1) is 15.5. The third-order valence-corrected chi connectivity index (χ3v) is 4.60. The van der Waals surface area contributed by atoms with Crippen molar-refractivity contribution >= 4 is 0 Å². The van der Waals surface area contributed by atoms with Crippen molar-refractivity contribution in [2.75, 3.05) is 19.6 Å². The Morgan fingerprint density at radius 1 is 1.25 bits per heavy atom. The highest BCUT2D eigenvalue weighted by Crippen LogP contribution is 2.23. The predicted octanol–water partition coefficient (Wildman–Crippen LogP) is 3.24. The molecule has 20 heavy (non-hydrogen) atoms. The smallest absolute Gasteiger partial charge is 0.0295 e. The van der Waals surface area contributed by atoms with E-state index in [4.69, 9.17) is 0 Å². The molecule has 3 heteroatoms. The lowest BCUT2D eigenvalue weighted by atomic mass is 9.89. The summed E-state index contributed by atoms with van der Waals surface area (Å²) in [5.74, 6) is 0.812. The summed E-state index contributed by atoms with van der Waals surface area (Å²) in [6.07, 6.45) is 7.69. The molecule has 2 atom stereocenters. The molecule has 3 nitrogen and oxygen atoms in total. The highest BCUT2D eigenvalue weighted by molar-refractivity contribution is 5.14. The van der Waals surface area contributed by atoms with E-state index < -0.39 is 0 Å². The van der Waals surface area contributed by atoms with Crippen LogP contribution in [0.3, 0.4) is 0 Å². The van der Waals surface area contributed by atoms with Crippen molar-refractivity contribution in [1.82, 2.24) is 15.2 Å². The molecule has 1 unspecified atom stereocenters. The fraction of sp³-hybridized carbons (Fsp3) is 0.706. The SMILES string of the molecule is CCCN1CCC(C(C)N[C@H](C)c2ccncc2)CC1. The molecule has 0 spiro atoms. The molecule has 0 bridgehead atoms. The summed E-state index contributed by atoms with van der Waals surface area (Å²) >= 11 is 0. The molecule has 0 aliphatic carbocycles. The van der Waals surface area contributed by atoms with Crippen LogP contribution in [0.1, 0.15) is 51.6 Å². The highest BCUT2D eigenvalue weighted by Gasteiger charge is 2.24. The van der Waals surface area contributed by atoms with Crippen LogP contribution in [0.5, 0.6) is 0 Å². The fourth-order valence-corrected chi connectivity index (χ4v) is 3.27. The van der Waals surface area contributed by atoms with Gasteiger partial charge in [0.25, 0.3) is 0 Å². The summed E-state index contributed by atoms with van der Waals surface area (Å²) in [6, 6.07) is 5.20. The molecule has 1 aliphatic heterocycles. The van der Waals surface area contributed by atoms with Crippen LogP contribution in [-0.2, 0) is 0 Å². The largest absolute Gasteiger partial charge is 0.307 e. The van der Waals surface area contributed by atoms with Crippen LogP contribution in [0.2, 0.25) is 0 Å². The molecule has 1 saturated heterocycles. The Hall–Kier alpha value is -0.930. The van der Waals surface area contributed by atoms with Gasteiger partial charge in [0.15, 0.2) is 0 Å². The average Bonchev–Trinajstić information content (AvgIpc) is 2.49. The number of rotatable bonds is 6. The first-order chi connectivity index (χ1) is 9.70. The lowest BCUT2D eigenvalue weighted by Gasteiger charge is -2.36. The maximum atomic E-state index is 4.09. The maximum Gasteiger partial charge on any atom is 0.0295 e. The van der Waals surface area contributed by atoms with E-state index in [1.54, 1.807) is 0 Å². The van der Waals surface area contributed by atoms with Gasteiger partial charge >= 0.3 is 0 Å². The van der Waals surface area contributed by atoms with Crippen molar-refractivity contribution in [3.63, 3.8) is 0 Å². The summed E-state index contributed by atoms with van der Waals surface area (Å²) in [5, 5.41) is 3.77. The van der Waals surface area contributed by atoms with Crippen LogP contribution in [0.15, 0.2) is 24.5 Å². The molecule has 0 radical (unpaired) electrons. The first-order valence-corrected chi connectivity index (χ1v) is 8.09. The standard InChI is InChI=1S/C17H29N3/c1-4-11-20-12-7-17(8-13-20)15(3)19-14(2)16-5-9-18-10-6-16/h5-6,9-10,14-15,17,19H,4,7-8,11-13H2,1-3H3/t14-,15?/m1/s1. The topological polar surface area (TPSA) is 28.2 Å². The Labute approximate surface area is 123 Å². The average molecular weight is 275 g/mol. The number of piperidine rings is 1. The van der Waals surface area contributed by atoms with E-state index in [-0.39, 0.29) is 0 Å². The third kappa shape index (κ3) is 4.29. The summed E-state index contributed by atoms with van der Waals surface area (Å²) in [5.41, 5.74) is 1.33. The summed E-state index contributed by atoms with van der Waals surface area (Å²) in [6.45, 7) is 10.7. The van der Waals surface area contributed by atoms with Gasteiger partial charge in [0.2, 0.25) is 0 Å². The molecule has 0 amide bonds. The normalized spacial score (nSPS) is 20.8. The van der Waals surface area contributed by atoms with Gasteiger partial charge in [0.05, 0.1) is 0 Å². The van der Waals surface area contributed by atoms with E-state index in [9.17, 15) is 0 Å². The molecular formula is C17H29N3. The van der Waals surface area contributed by atoms with E-state index >= 15 is 0 Å². The first-order valence-electron chi connectivity index (χ1n) is 8.09. The second-order valence-corrected chi connectivity index (χ2v) is 6.14. The van der Waals surface area contributed by atoms with E-state index in [0.717, 1.165) is 5.92 Å². The molecule has 1 aromatic heterocycles. The van der Waals surface area contributed by atoms with Gasteiger partial charge in [-0.2, -0.15) is 0 Å². The lowest BCUT2D eigenvalue weighted by molar-refractivity contribution is 0.159. The third-order valence-electron chi connectivity index (χ3n) is 4.60. The monoisotopic (exact) mass is 275 g/mol. The molecule has 1 aromatic rings. The Morgan fingerprint density at radius 3 is 2.50 bits per heavy atom. The molecule has 0 aromatic carbocycles. The van der Waals surface area contributed by atoms with E-state index in [0.29, 0.717) is 12.1 Å². The molecule has 1 fully saturated rings. The second kappa shape index (κ2) is 7.75. The van der Waals surface area contributed by atoms with Gasteiger partial charge < -0.3 is 10.2 Å². The molecule has 1 aliphatic rings. The minimum absolute atomic E-state index is 0.404. The Bertz CT molecular complexity index is 371. The van der Waals surface area contributed by atoms with Crippen molar-refractivity contribution in [3.8, 4) is 0 Å². The molecule has 0 saturated carbocycles. The Morgan fingerprint density at radius 2 is 1.90 bits per heavy atom. The number of hydrogen-bond acceptors (Lipinski definition) is 3. The zero-order valence-corrected chi connectivity index (χ0v) is 13.2. The fourth-order valence-electron chi connectivity index (χ4n) is 3.27. The highest BCUT2D eigenvalue weighted by atomic mass is 15.1. The van der Waals surface area contributed by atoms with Gasteiger partial charge in [0, 0.05) is 24.5 Å². The van der Waals surface area contributed by atoms with Crippen LogP contribution in [0.4, 0.5) is 0 Å². The van der Waals surface area contributed by atoms with Crippen molar-refractivity contribution in [3.05, 3.63) is 30.1 Å². The molecule has 1 N–H and O–H groups in total. The maximum absolute atomic E-state index is 4.09. The molecular weight excluding hydrogens is 246 g/mol. The van der Waals surface area contributed by atoms with Gasteiger partial charge in [-0.3, -0.25) is 4.98 Å². The predicted molar refractivity (Wildman–Crippen MR) is 84.7 cm³/mol. The zero-order chi connectivity index (χ0) is 14.4. The Kier molecular flexibility index (Phi) is 5.99. The van der Waals surface area contributed by atoms with Gasteiger partial charge in [-0.05, 0) is 76.4 Å². The number of likely N-dealkylation sites (tertiary alicyclic amines) is 1. The second-order valence-electron chi connectivity index (χ2n) is 6.14. The van der Waals surface area contributed by atoms with Crippen LogP contribution in [0, 0.1) is 5.92 Å². The van der Waals surface area contributed by atoms with Crippen molar-refractivity contribution in [1.29, 1.82) is 0 Å². The Balaban J connectivity index is 1.79.